The molecule has 1 saturated heterocycles. The highest BCUT2D eigenvalue weighted by Crippen LogP contribution is 2.32. The summed E-state index contributed by atoms with van der Waals surface area (Å²) in [5, 5.41) is 5.67. The number of hydrazone groups is 1. The van der Waals surface area contributed by atoms with Crippen LogP contribution in [-0.4, -0.2) is 49.1 Å². The van der Waals surface area contributed by atoms with Crippen molar-refractivity contribution in [2.24, 2.45) is 5.10 Å². The lowest BCUT2D eigenvalue weighted by atomic mass is 10.1. The van der Waals surface area contributed by atoms with Crippen LogP contribution >= 0.6 is 11.3 Å². The minimum absolute atomic E-state index is 0.743. The third-order valence-electron chi connectivity index (χ3n) is 5.63. The second kappa shape index (κ2) is 9.07. The molecule has 2 N–H and O–H groups in total. The van der Waals surface area contributed by atoms with Gasteiger partial charge in [-0.3, -0.25) is 5.43 Å². The van der Waals surface area contributed by atoms with Gasteiger partial charge >= 0.3 is 0 Å². The van der Waals surface area contributed by atoms with Crippen molar-refractivity contribution in [1.29, 1.82) is 0 Å². The molecular weight excluding hydrogens is 398 g/mol. The summed E-state index contributed by atoms with van der Waals surface area (Å²) in [6.45, 7) is 10.8. The smallest absolute Gasteiger partial charge is 0.158 e. The number of thiophene rings is 1. The molecule has 158 valence electrons. The molecule has 0 unspecified atom stereocenters. The average molecular weight is 427 g/mol. The van der Waals surface area contributed by atoms with E-state index < -0.39 is 0 Å². The zero-order valence-electron chi connectivity index (χ0n) is 17.9. The summed E-state index contributed by atoms with van der Waals surface area (Å²) in [5.74, 6) is 1.66. The lowest BCUT2D eigenvalue weighted by Gasteiger charge is -2.24. The Balaban J connectivity index is 1.57. The number of rotatable bonds is 6. The molecule has 0 atom stereocenters. The fraction of sp³-hybridized carbons (Fsp3) is 0.409. The third-order valence-corrected chi connectivity index (χ3v) is 6.75. The van der Waals surface area contributed by atoms with E-state index in [9.17, 15) is 0 Å². The number of hydrogen-bond acceptors (Lipinski definition) is 7. The van der Waals surface area contributed by atoms with Gasteiger partial charge in [-0.05, 0) is 50.1 Å². The van der Waals surface area contributed by atoms with Crippen LogP contribution in [0.15, 0.2) is 29.6 Å². The molecule has 0 saturated carbocycles. The van der Waals surface area contributed by atoms with E-state index in [0.717, 1.165) is 65.9 Å². The summed E-state index contributed by atoms with van der Waals surface area (Å²) >= 11 is 1.68. The van der Waals surface area contributed by atoms with Gasteiger partial charge in [-0.15, -0.1) is 11.3 Å². The number of methoxy groups -OCH3 is 1. The first-order valence-electron chi connectivity index (χ1n) is 10.2. The average Bonchev–Trinajstić information content (AvgIpc) is 3.07. The van der Waals surface area contributed by atoms with E-state index in [1.807, 2.05) is 19.1 Å². The summed E-state index contributed by atoms with van der Waals surface area (Å²) in [6.07, 6.45) is 1.58. The second-order valence-electron chi connectivity index (χ2n) is 7.56. The highest BCUT2D eigenvalue weighted by atomic mass is 32.1. The molecule has 2 aromatic heterocycles. The largest absolute Gasteiger partial charge is 0.496 e. The lowest BCUT2D eigenvalue weighted by molar-refractivity contribution is -0.921. The van der Waals surface area contributed by atoms with Crippen molar-refractivity contribution >= 4 is 33.1 Å². The number of anilines is 1. The quantitative estimate of drug-likeness (QED) is 0.468. The molecule has 0 spiro atoms. The minimum atomic E-state index is 0.743. The van der Waals surface area contributed by atoms with Crippen LogP contribution in [0.1, 0.15) is 28.5 Å². The Hall–Kier alpha value is -2.55. The molecule has 30 heavy (non-hydrogen) atoms. The van der Waals surface area contributed by atoms with Crippen LogP contribution in [-0.2, 0) is 11.3 Å². The molecule has 0 amide bonds. The van der Waals surface area contributed by atoms with Gasteiger partial charge in [0.2, 0.25) is 0 Å². The van der Waals surface area contributed by atoms with Gasteiger partial charge in [-0.25, -0.2) is 9.97 Å². The molecule has 1 aliphatic heterocycles. The summed E-state index contributed by atoms with van der Waals surface area (Å²) in [7, 11) is 1.72. The van der Waals surface area contributed by atoms with E-state index >= 15 is 0 Å². The monoisotopic (exact) mass is 426 g/mol. The number of nitrogens with zero attached hydrogens (tertiary/aromatic N) is 3. The summed E-state index contributed by atoms with van der Waals surface area (Å²) < 4.78 is 11.1. The maximum absolute atomic E-state index is 5.60. The number of morpholine rings is 1. The van der Waals surface area contributed by atoms with Gasteiger partial charge in [0.1, 0.15) is 36.5 Å². The molecule has 8 heteroatoms. The van der Waals surface area contributed by atoms with Crippen LogP contribution in [0.2, 0.25) is 0 Å². The van der Waals surface area contributed by atoms with Crippen LogP contribution in [0.25, 0.3) is 10.2 Å². The summed E-state index contributed by atoms with van der Waals surface area (Å²) in [5.41, 5.74) is 7.51. The maximum atomic E-state index is 5.60. The van der Waals surface area contributed by atoms with E-state index in [-0.39, 0.29) is 0 Å². The van der Waals surface area contributed by atoms with Crippen molar-refractivity contribution < 1.29 is 14.4 Å². The van der Waals surface area contributed by atoms with Crippen LogP contribution < -0.4 is 15.1 Å². The summed E-state index contributed by atoms with van der Waals surface area (Å²) in [6, 6.07) is 6.25. The Morgan fingerprint density at radius 1 is 1.27 bits per heavy atom. The molecule has 3 heterocycles. The molecule has 4 rings (SSSR count). The number of fused-ring (bicyclic) bond motifs is 1. The molecule has 0 bridgehead atoms. The third kappa shape index (κ3) is 4.30. The number of aromatic nitrogens is 2. The Morgan fingerprint density at radius 3 is 2.83 bits per heavy atom. The van der Waals surface area contributed by atoms with Crippen LogP contribution in [0, 0.1) is 13.8 Å². The number of ether oxygens (including phenoxy) is 2. The van der Waals surface area contributed by atoms with E-state index in [0.29, 0.717) is 0 Å². The standard InChI is InChI=1S/C22H27N5O2S/c1-14-16(3)30-22-20(14)21(23-13-24-22)26-25-15(2)17-5-6-19(28-4)18(11-17)12-27-7-9-29-10-8-27/h5-6,11,13H,7-10,12H2,1-4H3,(H,23,24,26)/p+1/b25-15-. The number of hydrogen-bond donors (Lipinski definition) is 2. The first-order chi connectivity index (χ1) is 14.6. The molecule has 3 aromatic rings. The van der Waals surface area contributed by atoms with Crippen molar-refractivity contribution in [2.75, 3.05) is 38.8 Å². The highest BCUT2D eigenvalue weighted by molar-refractivity contribution is 7.18. The number of benzene rings is 1. The van der Waals surface area contributed by atoms with Crippen molar-refractivity contribution in [1.82, 2.24) is 9.97 Å². The second-order valence-corrected chi connectivity index (χ2v) is 8.76. The Kier molecular flexibility index (Phi) is 6.26. The molecule has 1 aliphatic rings. The van der Waals surface area contributed by atoms with Gasteiger partial charge in [-0.1, -0.05) is 0 Å². The first kappa shape index (κ1) is 20.7. The van der Waals surface area contributed by atoms with Gasteiger partial charge in [0, 0.05) is 10.4 Å². The predicted octanol–water partition coefficient (Wildman–Crippen LogP) is 2.57. The molecule has 1 fully saturated rings. The fourth-order valence-corrected chi connectivity index (χ4v) is 4.71. The topological polar surface area (TPSA) is 73.1 Å². The van der Waals surface area contributed by atoms with Gasteiger partial charge < -0.3 is 14.4 Å². The van der Waals surface area contributed by atoms with Crippen molar-refractivity contribution in [3.63, 3.8) is 0 Å². The van der Waals surface area contributed by atoms with Gasteiger partial charge in [0.25, 0.3) is 0 Å². The molecular formula is C22H28N5O2S+. The highest BCUT2D eigenvalue weighted by Gasteiger charge is 2.17. The van der Waals surface area contributed by atoms with Gasteiger partial charge in [0.15, 0.2) is 5.82 Å². The summed E-state index contributed by atoms with van der Waals surface area (Å²) in [4.78, 5) is 12.5. The van der Waals surface area contributed by atoms with Crippen molar-refractivity contribution in [3.05, 3.63) is 46.1 Å². The zero-order chi connectivity index (χ0) is 21.1. The number of nitrogens with one attached hydrogen (secondary N) is 2. The van der Waals surface area contributed by atoms with Crippen LogP contribution in [0.4, 0.5) is 5.82 Å². The Morgan fingerprint density at radius 2 is 2.07 bits per heavy atom. The van der Waals surface area contributed by atoms with Gasteiger partial charge in [0.05, 0.1) is 31.4 Å². The van der Waals surface area contributed by atoms with Crippen molar-refractivity contribution in [3.8, 4) is 5.75 Å². The van der Waals surface area contributed by atoms with E-state index in [1.165, 1.54) is 20.9 Å². The number of aryl methyl sites for hydroxylation is 2. The van der Waals surface area contributed by atoms with Crippen LogP contribution in [0.3, 0.4) is 0 Å². The van der Waals surface area contributed by atoms with E-state index in [4.69, 9.17) is 9.47 Å². The lowest BCUT2D eigenvalue weighted by Crippen LogP contribution is -3.12. The Labute approximate surface area is 180 Å². The van der Waals surface area contributed by atoms with E-state index in [1.54, 1.807) is 24.8 Å². The van der Waals surface area contributed by atoms with Crippen molar-refractivity contribution in [2.45, 2.75) is 27.3 Å². The SMILES string of the molecule is COc1ccc(/C(C)=N\Nc2ncnc3sc(C)c(C)c23)cc1C[NH+]1CCOCC1. The minimum Gasteiger partial charge on any atom is -0.496 e. The molecule has 1 aromatic carbocycles. The van der Waals surface area contributed by atoms with Gasteiger partial charge in [-0.2, -0.15) is 5.10 Å². The molecule has 7 nitrogen and oxygen atoms in total. The first-order valence-corrected chi connectivity index (χ1v) is 11.0. The molecule has 0 aliphatic carbocycles. The van der Waals surface area contributed by atoms with E-state index in [2.05, 4.69) is 40.4 Å². The normalized spacial score (nSPS) is 15.5. The Bertz CT molecular complexity index is 1070. The maximum Gasteiger partial charge on any atom is 0.158 e. The fourth-order valence-electron chi connectivity index (χ4n) is 3.72. The predicted molar refractivity (Wildman–Crippen MR) is 121 cm³/mol. The molecule has 0 radical (unpaired) electrons. The zero-order valence-corrected chi connectivity index (χ0v) is 18.7. The van der Waals surface area contributed by atoms with Crippen LogP contribution in [0.5, 0.6) is 5.75 Å². The number of quaternary nitrogens is 1.